The van der Waals surface area contributed by atoms with Gasteiger partial charge in [0.1, 0.15) is 0 Å². The van der Waals surface area contributed by atoms with Crippen LogP contribution in [0.4, 0.5) is 5.69 Å². The third-order valence-corrected chi connectivity index (χ3v) is 4.29. The number of morpholine rings is 1. The minimum Gasteiger partial charge on any atom is -0.465 e. The van der Waals surface area contributed by atoms with Gasteiger partial charge in [0.15, 0.2) is 5.78 Å². The van der Waals surface area contributed by atoms with Crippen molar-refractivity contribution in [1.29, 1.82) is 0 Å². The van der Waals surface area contributed by atoms with E-state index in [9.17, 15) is 9.59 Å². The standard InChI is InChI=1S/C21H21NO4/c1-25-21(24)18-5-2-16(3-6-18)4-11-20(23)17-7-9-19(10-8-17)22-12-14-26-15-13-22/h2-11H,12-15H2,1H3/b11-4+. The molecule has 1 aliphatic rings. The second-order valence-corrected chi connectivity index (χ2v) is 5.96. The van der Waals surface area contributed by atoms with E-state index in [2.05, 4.69) is 9.64 Å². The van der Waals surface area contributed by atoms with Crippen molar-refractivity contribution >= 4 is 23.5 Å². The number of ketones is 1. The van der Waals surface area contributed by atoms with Crippen LogP contribution in [-0.2, 0) is 9.47 Å². The summed E-state index contributed by atoms with van der Waals surface area (Å²) in [5.41, 5.74) is 3.07. The summed E-state index contributed by atoms with van der Waals surface area (Å²) in [6.45, 7) is 3.21. The Balaban J connectivity index is 1.63. The molecule has 0 atom stereocenters. The molecule has 26 heavy (non-hydrogen) atoms. The van der Waals surface area contributed by atoms with E-state index in [4.69, 9.17) is 4.74 Å². The molecule has 0 N–H and O–H groups in total. The molecular weight excluding hydrogens is 330 g/mol. The smallest absolute Gasteiger partial charge is 0.337 e. The number of carbonyl (C=O) groups is 2. The van der Waals surface area contributed by atoms with E-state index < -0.39 is 0 Å². The number of methoxy groups -OCH3 is 1. The number of nitrogens with zero attached hydrogens (tertiary/aromatic N) is 1. The number of hydrogen-bond acceptors (Lipinski definition) is 5. The van der Waals surface area contributed by atoms with Gasteiger partial charge < -0.3 is 14.4 Å². The zero-order valence-corrected chi connectivity index (χ0v) is 14.7. The van der Waals surface area contributed by atoms with Crippen LogP contribution in [0.15, 0.2) is 54.6 Å². The van der Waals surface area contributed by atoms with E-state index in [1.165, 1.54) is 13.2 Å². The van der Waals surface area contributed by atoms with E-state index in [0.717, 1.165) is 37.6 Å². The lowest BCUT2D eigenvalue weighted by Crippen LogP contribution is -2.36. The van der Waals surface area contributed by atoms with Gasteiger partial charge >= 0.3 is 5.97 Å². The maximum atomic E-state index is 12.3. The first kappa shape index (κ1) is 17.9. The van der Waals surface area contributed by atoms with Gasteiger partial charge in [-0.2, -0.15) is 0 Å². The summed E-state index contributed by atoms with van der Waals surface area (Å²) in [5, 5.41) is 0. The lowest BCUT2D eigenvalue weighted by atomic mass is 10.1. The third kappa shape index (κ3) is 4.37. The number of hydrogen-bond donors (Lipinski definition) is 0. The predicted octanol–water partition coefficient (Wildman–Crippen LogP) is 3.21. The van der Waals surface area contributed by atoms with E-state index in [0.29, 0.717) is 11.1 Å². The topological polar surface area (TPSA) is 55.8 Å². The molecule has 0 radical (unpaired) electrons. The molecule has 1 fully saturated rings. The van der Waals surface area contributed by atoms with Crippen LogP contribution in [0.1, 0.15) is 26.3 Å². The van der Waals surface area contributed by atoms with Gasteiger partial charge in [-0.1, -0.05) is 18.2 Å². The van der Waals surface area contributed by atoms with Gasteiger partial charge in [-0.15, -0.1) is 0 Å². The van der Waals surface area contributed by atoms with Crippen LogP contribution in [0.5, 0.6) is 0 Å². The van der Waals surface area contributed by atoms with Gasteiger partial charge in [0, 0.05) is 24.3 Å². The molecule has 1 heterocycles. The number of carbonyl (C=O) groups excluding carboxylic acids is 2. The Labute approximate surface area is 152 Å². The number of anilines is 1. The Morgan fingerprint density at radius 2 is 1.58 bits per heavy atom. The Hall–Kier alpha value is -2.92. The third-order valence-electron chi connectivity index (χ3n) is 4.29. The summed E-state index contributed by atoms with van der Waals surface area (Å²) in [4.78, 5) is 26.0. The minimum atomic E-state index is -0.378. The molecule has 1 aliphatic heterocycles. The summed E-state index contributed by atoms with van der Waals surface area (Å²) >= 11 is 0. The van der Waals surface area contributed by atoms with Crippen LogP contribution in [0.25, 0.3) is 6.08 Å². The number of allylic oxidation sites excluding steroid dienone is 1. The van der Waals surface area contributed by atoms with E-state index in [-0.39, 0.29) is 11.8 Å². The normalized spacial score (nSPS) is 14.4. The molecule has 0 unspecified atom stereocenters. The first-order valence-electron chi connectivity index (χ1n) is 8.51. The number of esters is 1. The van der Waals surface area contributed by atoms with Crippen LogP contribution in [0.3, 0.4) is 0 Å². The lowest BCUT2D eigenvalue weighted by Gasteiger charge is -2.28. The average Bonchev–Trinajstić information content (AvgIpc) is 2.72. The van der Waals surface area contributed by atoms with Gasteiger partial charge in [-0.05, 0) is 48.0 Å². The number of ether oxygens (including phenoxy) is 2. The van der Waals surface area contributed by atoms with Crippen molar-refractivity contribution in [3.8, 4) is 0 Å². The largest absolute Gasteiger partial charge is 0.465 e. The molecule has 0 spiro atoms. The maximum Gasteiger partial charge on any atom is 0.337 e. The fourth-order valence-corrected chi connectivity index (χ4v) is 2.77. The van der Waals surface area contributed by atoms with Crippen molar-refractivity contribution in [1.82, 2.24) is 0 Å². The van der Waals surface area contributed by atoms with E-state index in [1.54, 1.807) is 30.3 Å². The summed E-state index contributed by atoms with van der Waals surface area (Å²) < 4.78 is 10.0. The Morgan fingerprint density at radius 3 is 2.19 bits per heavy atom. The second-order valence-electron chi connectivity index (χ2n) is 5.96. The fraction of sp³-hybridized carbons (Fsp3) is 0.238. The number of rotatable bonds is 5. The summed E-state index contributed by atoms with van der Waals surface area (Å²) in [6, 6.07) is 14.5. The van der Waals surface area contributed by atoms with Crippen LogP contribution in [0.2, 0.25) is 0 Å². The molecule has 0 saturated carbocycles. The molecule has 3 rings (SSSR count). The number of benzene rings is 2. The Bertz CT molecular complexity index is 788. The SMILES string of the molecule is COC(=O)c1ccc(/C=C/C(=O)c2ccc(N3CCOCC3)cc2)cc1. The molecule has 5 heteroatoms. The quantitative estimate of drug-likeness (QED) is 0.470. The highest BCUT2D eigenvalue weighted by atomic mass is 16.5. The van der Waals surface area contributed by atoms with Crippen LogP contribution in [0, 0.1) is 0 Å². The van der Waals surface area contributed by atoms with Crippen molar-refractivity contribution in [2.24, 2.45) is 0 Å². The van der Waals surface area contributed by atoms with Crippen molar-refractivity contribution in [3.63, 3.8) is 0 Å². The lowest BCUT2D eigenvalue weighted by molar-refractivity contribution is 0.0600. The molecule has 0 aromatic heterocycles. The zero-order valence-electron chi connectivity index (χ0n) is 14.7. The molecular formula is C21H21NO4. The first-order chi connectivity index (χ1) is 12.7. The van der Waals surface area contributed by atoms with Gasteiger partial charge in [-0.25, -0.2) is 4.79 Å². The molecule has 1 saturated heterocycles. The molecule has 134 valence electrons. The maximum absolute atomic E-state index is 12.3. The minimum absolute atomic E-state index is 0.0597. The fourth-order valence-electron chi connectivity index (χ4n) is 2.77. The molecule has 2 aromatic rings. The highest BCUT2D eigenvalue weighted by Crippen LogP contribution is 2.17. The van der Waals surface area contributed by atoms with Gasteiger partial charge in [-0.3, -0.25) is 4.79 Å². The first-order valence-corrected chi connectivity index (χ1v) is 8.51. The van der Waals surface area contributed by atoms with E-state index >= 15 is 0 Å². The van der Waals surface area contributed by atoms with Crippen molar-refractivity contribution in [2.45, 2.75) is 0 Å². The molecule has 2 aromatic carbocycles. The van der Waals surface area contributed by atoms with Crippen molar-refractivity contribution < 1.29 is 19.1 Å². The summed E-state index contributed by atoms with van der Waals surface area (Å²) in [7, 11) is 1.35. The van der Waals surface area contributed by atoms with Crippen LogP contribution in [-0.4, -0.2) is 45.2 Å². The highest BCUT2D eigenvalue weighted by molar-refractivity contribution is 6.07. The van der Waals surface area contributed by atoms with Gasteiger partial charge in [0.25, 0.3) is 0 Å². The molecule has 5 nitrogen and oxygen atoms in total. The summed E-state index contributed by atoms with van der Waals surface area (Å²) in [6.07, 6.45) is 3.27. The van der Waals surface area contributed by atoms with Crippen LogP contribution >= 0.6 is 0 Å². The van der Waals surface area contributed by atoms with Crippen molar-refractivity contribution in [3.05, 3.63) is 71.3 Å². The van der Waals surface area contributed by atoms with Gasteiger partial charge in [0.2, 0.25) is 0 Å². The zero-order chi connectivity index (χ0) is 18.4. The Kier molecular flexibility index (Phi) is 5.81. The monoisotopic (exact) mass is 351 g/mol. The predicted molar refractivity (Wildman–Crippen MR) is 101 cm³/mol. The Morgan fingerprint density at radius 1 is 0.962 bits per heavy atom. The van der Waals surface area contributed by atoms with Crippen molar-refractivity contribution in [2.75, 3.05) is 38.3 Å². The molecule has 0 aliphatic carbocycles. The second kappa shape index (κ2) is 8.45. The summed E-state index contributed by atoms with van der Waals surface area (Å²) in [5.74, 6) is -0.437. The molecule has 0 bridgehead atoms. The van der Waals surface area contributed by atoms with E-state index in [1.807, 2.05) is 24.3 Å². The highest BCUT2D eigenvalue weighted by Gasteiger charge is 2.11. The van der Waals surface area contributed by atoms with Gasteiger partial charge in [0.05, 0.1) is 25.9 Å². The van der Waals surface area contributed by atoms with Crippen LogP contribution < -0.4 is 4.90 Å². The molecule has 0 amide bonds. The average molecular weight is 351 g/mol.